The highest BCUT2D eigenvalue weighted by Crippen LogP contribution is 2.14. The van der Waals surface area contributed by atoms with Crippen LogP contribution < -0.4 is 11.1 Å². The molecule has 1 unspecified atom stereocenters. The number of carbonyl (C=O) groups is 2. The highest BCUT2D eigenvalue weighted by atomic mass is 16.5. The van der Waals surface area contributed by atoms with Gasteiger partial charge in [0, 0.05) is 13.0 Å². The van der Waals surface area contributed by atoms with E-state index in [9.17, 15) is 9.59 Å². The monoisotopic (exact) mass is 216 g/mol. The minimum absolute atomic E-state index is 0.0848. The predicted octanol–water partition coefficient (Wildman–Crippen LogP) is 0.880. The standard InChI is InChI=1S/C10H20N2O3/c1-7(2)4-8(5-9(11)13)6-12-10(14)15-3/h7-8H,4-6H2,1-3H3,(H2,11,13)(H,12,14). The quantitative estimate of drug-likeness (QED) is 0.691. The maximum atomic E-state index is 10.8. The molecule has 5 heteroatoms. The van der Waals surface area contributed by atoms with Crippen LogP contribution in [0.4, 0.5) is 4.79 Å². The largest absolute Gasteiger partial charge is 0.453 e. The summed E-state index contributed by atoms with van der Waals surface area (Å²) in [6.45, 7) is 4.55. The van der Waals surface area contributed by atoms with E-state index in [0.717, 1.165) is 6.42 Å². The Balaban J connectivity index is 4.00. The van der Waals surface area contributed by atoms with Gasteiger partial charge in [0.05, 0.1) is 7.11 Å². The van der Waals surface area contributed by atoms with E-state index >= 15 is 0 Å². The molecule has 0 heterocycles. The van der Waals surface area contributed by atoms with E-state index in [2.05, 4.69) is 23.9 Å². The molecule has 15 heavy (non-hydrogen) atoms. The lowest BCUT2D eigenvalue weighted by Crippen LogP contribution is -2.32. The van der Waals surface area contributed by atoms with Crippen molar-refractivity contribution >= 4 is 12.0 Å². The lowest BCUT2D eigenvalue weighted by atomic mass is 9.94. The number of methoxy groups -OCH3 is 1. The molecule has 3 N–H and O–H groups in total. The van der Waals surface area contributed by atoms with Crippen LogP contribution in [0, 0.1) is 11.8 Å². The van der Waals surface area contributed by atoms with Gasteiger partial charge in [-0.25, -0.2) is 4.79 Å². The topological polar surface area (TPSA) is 81.4 Å². The molecule has 0 aliphatic carbocycles. The molecule has 0 aliphatic rings. The molecule has 0 aliphatic heterocycles. The molecular formula is C10H20N2O3. The second-order valence-electron chi connectivity index (χ2n) is 4.04. The van der Waals surface area contributed by atoms with E-state index in [-0.39, 0.29) is 11.8 Å². The average molecular weight is 216 g/mol. The molecule has 0 saturated carbocycles. The molecule has 1 atom stereocenters. The predicted molar refractivity (Wildman–Crippen MR) is 57.2 cm³/mol. The van der Waals surface area contributed by atoms with Gasteiger partial charge in [0.1, 0.15) is 0 Å². The van der Waals surface area contributed by atoms with Crippen molar-refractivity contribution in [3.63, 3.8) is 0 Å². The zero-order valence-electron chi connectivity index (χ0n) is 9.58. The summed E-state index contributed by atoms with van der Waals surface area (Å²) in [6, 6.07) is 0. The van der Waals surface area contributed by atoms with Crippen molar-refractivity contribution in [1.29, 1.82) is 0 Å². The minimum atomic E-state index is -0.478. The number of alkyl carbamates (subject to hydrolysis) is 1. The van der Waals surface area contributed by atoms with Gasteiger partial charge in [-0.3, -0.25) is 4.79 Å². The first-order valence-corrected chi connectivity index (χ1v) is 5.05. The molecule has 0 saturated heterocycles. The van der Waals surface area contributed by atoms with Crippen molar-refractivity contribution in [2.75, 3.05) is 13.7 Å². The number of hydrogen-bond donors (Lipinski definition) is 2. The number of nitrogens with one attached hydrogen (secondary N) is 1. The van der Waals surface area contributed by atoms with E-state index in [1.807, 2.05) is 0 Å². The zero-order valence-corrected chi connectivity index (χ0v) is 9.58. The van der Waals surface area contributed by atoms with Crippen LogP contribution in [0.25, 0.3) is 0 Å². The summed E-state index contributed by atoms with van der Waals surface area (Å²) < 4.78 is 4.44. The number of rotatable bonds is 6. The molecule has 0 rings (SSSR count). The zero-order chi connectivity index (χ0) is 11.8. The second kappa shape index (κ2) is 7.09. The lowest BCUT2D eigenvalue weighted by molar-refractivity contribution is -0.119. The average Bonchev–Trinajstić information content (AvgIpc) is 2.11. The van der Waals surface area contributed by atoms with Gasteiger partial charge in [-0.15, -0.1) is 0 Å². The second-order valence-corrected chi connectivity index (χ2v) is 4.04. The van der Waals surface area contributed by atoms with Crippen molar-refractivity contribution < 1.29 is 14.3 Å². The lowest BCUT2D eigenvalue weighted by Gasteiger charge is -2.17. The van der Waals surface area contributed by atoms with Crippen LogP contribution >= 0.6 is 0 Å². The Morgan fingerprint density at radius 1 is 1.40 bits per heavy atom. The van der Waals surface area contributed by atoms with Gasteiger partial charge in [0.25, 0.3) is 0 Å². The Morgan fingerprint density at radius 3 is 2.40 bits per heavy atom. The van der Waals surface area contributed by atoms with E-state index in [1.165, 1.54) is 7.11 Å². The van der Waals surface area contributed by atoms with Crippen LogP contribution in [0.5, 0.6) is 0 Å². The third-order valence-corrected chi connectivity index (χ3v) is 2.02. The number of carbonyl (C=O) groups excluding carboxylic acids is 2. The highest BCUT2D eigenvalue weighted by Gasteiger charge is 2.14. The van der Waals surface area contributed by atoms with Crippen LogP contribution in [0.2, 0.25) is 0 Å². The Kier molecular flexibility index (Phi) is 6.49. The number of ether oxygens (including phenoxy) is 1. The van der Waals surface area contributed by atoms with Crippen molar-refractivity contribution in [3.05, 3.63) is 0 Å². The molecule has 0 spiro atoms. The van der Waals surface area contributed by atoms with Gasteiger partial charge >= 0.3 is 6.09 Å². The van der Waals surface area contributed by atoms with Crippen LogP contribution in [0.1, 0.15) is 26.7 Å². The summed E-state index contributed by atoms with van der Waals surface area (Å²) in [6.07, 6.45) is 0.669. The maximum absolute atomic E-state index is 10.8. The molecule has 0 aromatic carbocycles. The fourth-order valence-corrected chi connectivity index (χ4v) is 1.49. The SMILES string of the molecule is COC(=O)NCC(CC(N)=O)CC(C)C. The van der Waals surface area contributed by atoms with E-state index in [0.29, 0.717) is 18.9 Å². The number of hydrogen-bond acceptors (Lipinski definition) is 3. The molecule has 0 radical (unpaired) electrons. The normalized spacial score (nSPS) is 12.3. The Labute approximate surface area is 90.4 Å². The number of primary amides is 1. The van der Waals surface area contributed by atoms with E-state index in [1.54, 1.807) is 0 Å². The minimum Gasteiger partial charge on any atom is -0.453 e. The summed E-state index contributed by atoms with van der Waals surface area (Å²) in [5.74, 6) is 0.211. The summed E-state index contributed by atoms with van der Waals surface area (Å²) in [4.78, 5) is 21.6. The van der Waals surface area contributed by atoms with Gasteiger partial charge in [-0.2, -0.15) is 0 Å². The first kappa shape index (κ1) is 13.7. The number of nitrogens with two attached hydrogens (primary N) is 1. The first-order chi connectivity index (χ1) is 6.95. The van der Waals surface area contributed by atoms with E-state index in [4.69, 9.17) is 5.73 Å². The third-order valence-electron chi connectivity index (χ3n) is 2.02. The van der Waals surface area contributed by atoms with Crippen molar-refractivity contribution in [2.24, 2.45) is 17.6 Å². The fraction of sp³-hybridized carbons (Fsp3) is 0.800. The van der Waals surface area contributed by atoms with Crippen LogP contribution in [0.3, 0.4) is 0 Å². The molecule has 0 fully saturated rings. The molecule has 0 bridgehead atoms. The smallest absolute Gasteiger partial charge is 0.406 e. The Hall–Kier alpha value is -1.26. The fourth-order valence-electron chi connectivity index (χ4n) is 1.49. The molecule has 88 valence electrons. The van der Waals surface area contributed by atoms with Crippen molar-refractivity contribution in [3.8, 4) is 0 Å². The summed E-state index contributed by atoms with van der Waals surface area (Å²) >= 11 is 0. The summed E-state index contributed by atoms with van der Waals surface area (Å²) in [5, 5.41) is 2.57. The molecule has 5 nitrogen and oxygen atoms in total. The van der Waals surface area contributed by atoms with Crippen molar-refractivity contribution in [1.82, 2.24) is 5.32 Å². The van der Waals surface area contributed by atoms with E-state index < -0.39 is 6.09 Å². The summed E-state index contributed by atoms with van der Waals surface area (Å²) in [7, 11) is 1.31. The van der Waals surface area contributed by atoms with Crippen LogP contribution in [-0.4, -0.2) is 25.7 Å². The summed E-state index contributed by atoms with van der Waals surface area (Å²) in [5.41, 5.74) is 5.13. The highest BCUT2D eigenvalue weighted by molar-refractivity contribution is 5.74. The van der Waals surface area contributed by atoms with Gasteiger partial charge in [0.15, 0.2) is 0 Å². The van der Waals surface area contributed by atoms with Gasteiger partial charge < -0.3 is 15.8 Å². The van der Waals surface area contributed by atoms with Gasteiger partial charge in [-0.1, -0.05) is 13.8 Å². The van der Waals surface area contributed by atoms with Crippen LogP contribution in [0.15, 0.2) is 0 Å². The van der Waals surface area contributed by atoms with Gasteiger partial charge in [0.2, 0.25) is 5.91 Å². The maximum Gasteiger partial charge on any atom is 0.406 e. The molecule has 2 amide bonds. The molecule has 0 aromatic rings. The third kappa shape index (κ3) is 7.78. The van der Waals surface area contributed by atoms with Crippen LogP contribution in [-0.2, 0) is 9.53 Å². The van der Waals surface area contributed by atoms with Gasteiger partial charge in [-0.05, 0) is 18.3 Å². The molecule has 0 aromatic heterocycles. The Morgan fingerprint density at radius 2 is 2.00 bits per heavy atom. The first-order valence-electron chi connectivity index (χ1n) is 5.05. The number of amides is 2. The molecular weight excluding hydrogens is 196 g/mol. The Bertz CT molecular complexity index is 217. The van der Waals surface area contributed by atoms with Crippen molar-refractivity contribution in [2.45, 2.75) is 26.7 Å².